The molecule has 0 saturated heterocycles. The minimum absolute atomic E-state index is 0.126. The van der Waals surface area contributed by atoms with Gasteiger partial charge in [0.2, 0.25) is 0 Å². The summed E-state index contributed by atoms with van der Waals surface area (Å²) in [6, 6.07) is 8.85. The third-order valence-corrected chi connectivity index (χ3v) is 4.73. The molecule has 0 amide bonds. The lowest BCUT2D eigenvalue weighted by Crippen LogP contribution is -2.44. The Morgan fingerprint density at radius 1 is 1.38 bits per heavy atom. The van der Waals surface area contributed by atoms with Gasteiger partial charge in [-0.25, -0.2) is 4.98 Å². The van der Waals surface area contributed by atoms with E-state index in [1.807, 2.05) is 6.20 Å². The van der Waals surface area contributed by atoms with Crippen molar-refractivity contribution < 1.29 is 0 Å². The van der Waals surface area contributed by atoms with Crippen LogP contribution in [0.15, 0.2) is 41.1 Å². The van der Waals surface area contributed by atoms with Crippen LogP contribution in [0, 0.1) is 0 Å². The van der Waals surface area contributed by atoms with Crippen LogP contribution in [-0.4, -0.2) is 27.0 Å². The molecule has 5 heteroatoms. The van der Waals surface area contributed by atoms with Crippen LogP contribution in [-0.2, 0) is 13.1 Å². The molecule has 1 aliphatic heterocycles. The Bertz CT molecular complexity index is 610. The summed E-state index contributed by atoms with van der Waals surface area (Å²) >= 11 is 3.57. The molecule has 4 nitrogen and oxygen atoms in total. The molecule has 2 N–H and O–H groups in total. The van der Waals surface area contributed by atoms with E-state index in [1.54, 1.807) is 0 Å². The van der Waals surface area contributed by atoms with Crippen molar-refractivity contribution in [3.8, 4) is 0 Å². The first kappa shape index (κ1) is 14.8. The first-order valence-corrected chi connectivity index (χ1v) is 8.23. The second-order valence-corrected chi connectivity index (χ2v) is 6.49. The first-order valence-electron chi connectivity index (χ1n) is 7.44. The van der Waals surface area contributed by atoms with E-state index in [0.29, 0.717) is 0 Å². The second kappa shape index (κ2) is 6.30. The van der Waals surface area contributed by atoms with Crippen LogP contribution in [0.3, 0.4) is 0 Å². The van der Waals surface area contributed by atoms with Crippen molar-refractivity contribution in [3.63, 3.8) is 0 Å². The standard InChI is InChI=1S/C16H21BrN4/c1-2-14(18)16(12-4-3-5-13(17)10-12)21-9-8-20-7-6-19-15(20)11-21/h3-7,10,14,16H,2,8-9,11,18H2,1H3. The van der Waals surface area contributed by atoms with Crippen LogP contribution in [0.5, 0.6) is 0 Å². The molecule has 0 aliphatic carbocycles. The number of rotatable bonds is 4. The van der Waals surface area contributed by atoms with Crippen LogP contribution in [0.2, 0.25) is 0 Å². The molecule has 2 heterocycles. The molecule has 1 aliphatic rings. The first-order chi connectivity index (χ1) is 10.2. The zero-order valence-corrected chi connectivity index (χ0v) is 13.8. The Hall–Kier alpha value is -1.17. The number of hydrogen-bond donors (Lipinski definition) is 1. The van der Waals surface area contributed by atoms with Crippen molar-refractivity contribution in [2.75, 3.05) is 6.54 Å². The largest absolute Gasteiger partial charge is 0.333 e. The zero-order valence-electron chi connectivity index (χ0n) is 12.2. The van der Waals surface area contributed by atoms with E-state index >= 15 is 0 Å². The van der Waals surface area contributed by atoms with Gasteiger partial charge in [-0.2, -0.15) is 0 Å². The molecule has 0 radical (unpaired) electrons. The Morgan fingerprint density at radius 2 is 2.24 bits per heavy atom. The van der Waals surface area contributed by atoms with Crippen molar-refractivity contribution in [2.45, 2.75) is 38.5 Å². The summed E-state index contributed by atoms with van der Waals surface area (Å²) in [7, 11) is 0. The lowest BCUT2D eigenvalue weighted by atomic mass is 9.96. The van der Waals surface area contributed by atoms with Crippen molar-refractivity contribution >= 4 is 15.9 Å². The Balaban J connectivity index is 1.90. The van der Waals surface area contributed by atoms with Gasteiger partial charge in [0.05, 0.1) is 12.6 Å². The highest BCUT2D eigenvalue weighted by Crippen LogP contribution is 2.30. The van der Waals surface area contributed by atoms with Gasteiger partial charge < -0.3 is 10.3 Å². The Morgan fingerprint density at radius 3 is 3.00 bits per heavy atom. The van der Waals surface area contributed by atoms with Gasteiger partial charge in [-0.3, -0.25) is 4.90 Å². The van der Waals surface area contributed by atoms with Crippen LogP contribution < -0.4 is 5.73 Å². The van der Waals surface area contributed by atoms with Crippen molar-refractivity contribution in [1.29, 1.82) is 0 Å². The SMILES string of the molecule is CCC(N)C(c1cccc(Br)c1)N1CCn2ccnc2C1. The fourth-order valence-electron chi connectivity index (χ4n) is 3.07. The Kier molecular flexibility index (Phi) is 4.42. The summed E-state index contributed by atoms with van der Waals surface area (Å²) in [5.41, 5.74) is 7.72. The molecule has 1 aromatic heterocycles. The molecule has 2 aromatic rings. The summed E-state index contributed by atoms with van der Waals surface area (Å²) in [6.07, 6.45) is 4.90. The number of aromatic nitrogens is 2. The van der Waals surface area contributed by atoms with E-state index in [0.717, 1.165) is 36.4 Å². The number of nitrogens with two attached hydrogens (primary N) is 1. The Labute approximate surface area is 134 Å². The third kappa shape index (κ3) is 3.05. The highest BCUT2D eigenvalue weighted by atomic mass is 79.9. The van der Waals surface area contributed by atoms with Gasteiger partial charge in [-0.1, -0.05) is 35.0 Å². The molecule has 0 saturated carbocycles. The average molecular weight is 349 g/mol. The van der Waals surface area contributed by atoms with Crippen molar-refractivity contribution in [1.82, 2.24) is 14.5 Å². The summed E-state index contributed by atoms with van der Waals surface area (Å²) in [5, 5.41) is 0. The minimum Gasteiger partial charge on any atom is -0.333 e. The molecule has 2 atom stereocenters. The monoisotopic (exact) mass is 348 g/mol. The zero-order chi connectivity index (χ0) is 14.8. The van der Waals surface area contributed by atoms with Crippen LogP contribution >= 0.6 is 15.9 Å². The number of benzene rings is 1. The summed E-state index contributed by atoms with van der Waals surface area (Å²) in [5.74, 6) is 1.13. The maximum Gasteiger partial charge on any atom is 0.122 e. The molecule has 0 spiro atoms. The quantitative estimate of drug-likeness (QED) is 0.923. The van der Waals surface area contributed by atoms with Gasteiger partial charge in [-0.05, 0) is 24.1 Å². The molecule has 2 unspecified atom stereocenters. The summed E-state index contributed by atoms with van der Waals surface area (Å²) in [6.45, 7) is 5.00. The van der Waals surface area contributed by atoms with Crippen LogP contribution in [0.4, 0.5) is 0 Å². The lowest BCUT2D eigenvalue weighted by molar-refractivity contribution is 0.130. The minimum atomic E-state index is 0.126. The van der Waals surface area contributed by atoms with Crippen molar-refractivity contribution in [3.05, 3.63) is 52.5 Å². The molecule has 21 heavy (non-hydrogen) atoms. The topological polar surface area (TPSA) is 47.1 Å². The van der Waals surface area contributed by atoms with Gasteiger partial charge >= 0.3 is 0 Å². The smallest absolute Gasteiger partial charge is 0.122 e. The molecule has 0 fully saturated rings. The molecule has 0 bridgehead atoms. The maximum atomic E-state index is 6.44. The van der Waals surface area contributed by atoms with Crippen LogP contribution in [0.25, 0.3) is 0 Å². The van der Waals surface area contributed by atoms with Gasteiger partial charge in [0.1, 0.15) is 5.82 Å². The number of hydrogen-bond acceptors (Lipinski definition) is 3. The lowest BCUT2D eigenvalue weighted by Gasteiger charge is -2.38. The molecule has 3 rings (SSSR count). The molecule has 1 aromatic carbocycles. The molecular formula is C16H21BrN4. The number of nitrogens with zero attached hydrogens (tertiary/aromatic N) is 3. The fourth-order valence-corrected chi connectivity index (χ4v) is 3.49. The highest BCUT2D eigenvalue weighted by molar-refractivity contribution is 9.10. The van der Waals surface area contributed by atoms with Gasteiger partial charge in [0, 0.05) is 36.0 Å². The van der Waals surface area contributed by atoms with E-state index < -0.39 is 0 Å². The number of imidazole rings is 1. The fraction of sp³-hybridized carbons (Fsp3) is 0.438. The number of fused-ring (bicyclic) bond motifs is 1. The van der Waals surface area contributed by atoms with Gasteiger partial charge in [-0.15, -0.1) is 0 Å². The van der Waals surface area contributed by atoms with E-state index in [2.05, 4.69) is 67.8 Å². The molecular weight excluding hydrogens is 328 g/mol. The number of halogens is 1. The molecule has 112 valence electrons. The van der Waals surface area contributed by atoms with E-state index in [9.17, 15) is 0 Å². The average Bonchev–Trinajstić information content (AvgIpc) is 2.95. The summed E-state index contributed by atoms with van der Waals surface area (Å²) < 4.78 is 3.33. The summed E-state index contributed by atoms with van der Waals surface area (Å²) in [4.78, 5) is 6.91. The maximum absolute atomic E-state index is 6.44. The predicted octanol–water partition coefficient (Wildman–Crippen LogP) is 2.94. The predicted molar refractivity (Wildman–Crippen MR) is 87.8 cm³/mol. The third-order valence-electron chi connectivity index (χ3n) is 4.23. The van der Waals surface area contributed by atoms with E-state index in [1.165, 1.54) is 5.56 Å². The van der Waals surface area contributed by atoms with Gasteiger partial charge in [0.15, 0.2) is 0 Å². The normalized spacial score (nSPS) is 18.2. The van der Waals surface area contributed by atoms with Gasteiger partial charge in [0.25, 0.3) is 0 Å². The van der Waals surface area contributed by atoms with E-state index in [4.69, 9.17) is 5.73 Å². The second-order valence-electron chi connectivity index (χ2n) is 5.58. The van der Waals surface area contributed by atoms with Crippen LogP contribution in [0.1, 0.15) is 30.8 Å². The van der Waals surface area contributed by atoms with Crippen molar-refractivity contribution in [2.24, 2.45) is 5.73 Å². The highest BCUT2D eigenvalue weighted by Gasteiger charge is 2.29. The van der Waals surface area contributed by atoms with E-state index in [-0.39, 0.29) is 12.1 Å².